The lowest BCUT2D eigenvalue weighted by Crippen LogP contribution is -2.12. The summed E-state index contributed by atoms with van der Waals surface area (Å²) >= 11 is 0. The molecule has 2 N–H and O–H groups in total. The van der Waals surface area contributed by atoms with Gasteiger partial charge in [0.25, 0.3) is 0 Å². The van der Waals surface area contributed by atoms with Gasteiger partial charge < -0.3 is 10.3 Å². The molecule has 1 aromatic rings. The maximum Gasteiger partial charge on any atom is 0.126 e. The first-order chi connectivity index (χ1) is 9.42. The second-order valence-corrected chi connectivity index (χ2v) is 7.53. The second kappa shape index (κ2) is 6.19. The molecule has 0 saturated heterocycles. The van der Waals surface area contributed by atoms with Crippen LogP contribution < -0.4 is 5.73 Å². The minimum atomic E-state index is 0.241. The number of hydrogen-bond donors (Lipinski definition) is 1. The van der Waals surface area contributed by atoms with Crippen molar-refractivity contribution in [3.05, 3.63) is 11.5 Å². The molecule has 1 aliphatic rings. The topological polar surface area (TPSA) is 43.8 Å². The number of imidazole rings is 1. The molecule has 0 radical (unpaired) electrons. The molecule has 0 amide bonds. The van der Waals surface area contributed by atoms with Gasteiger partial charge in [0.1, 0.15) is 11.6 Å². The molecule has 1 fully saturated rings. The number of rotatable bonds is 5. The molecule has 1 aromatic heterocycles. The predicted octanol–water partition coefficient (Wildman–Crippen LogP) is 4.51. The molecule has 0 aliphatic heterocycles. The van der Waals surface area contributed by atoms with Gasteiger partial charge in [-0.25, -0.2) is 4.98 Å². The first kappa shape index (κ1) is 15.4. The van der Waals surface area contributed by atoms with Crippen molar-refractivity contribution >= 4 is 5.82 Å². The van der Waals surface area contributed by atoms with Crippen LogP contribution in [0.3, 0.4) is 0 Å². The molecule has 20 heavy (non-hydrogen) atoms. The standard InChI is InChI=1S/C17H31N3/c1-5-6-11-20-15(18)14(12-17(2,3)4)19-16(20)13-9-7-8-10-13/h13H,5-12,18H2,1-4H3. The molecular weight excluding hydrogens is 246 g/mol. The maximum absolute atomic E-state index is 6.42. The molecule has 0 aromatic carbocycles. The minimum Gasteiger partial charge on any atom is -0.384 e. The van der Waals surface area contributed by atoms with Crippen LogP contribution in [0.1, 0.15) is 83.7 Å². The van der Waals surface area contributed by atoms with Gasteiger partial charge in [-0.2, -0.15) is 0 Å². The zero-order valence-electron chi connectivity index (χ0n) is 13.7. The summed E-state index contributed by atoms with van der Waals surface area (Å²) in [5, 5.41) is 0. The smallest absolute Gasteiger partial charge is 0.126 e. The van der Waals surface area contributed by atoms with Crippen molar-refractivity contribution in [1.29, 1.82) is 0 Å². The van der Waals surface area contributed by atoms with Gasteiger partial charge in [0.05, 0.1) is 5.69 Å². The summed E-state index contributed by atoms with van der Waals surface area (Å²) in [7, 11) is 0. The molecule has 1 heterocycles. The summed E-state index contributed by atoms with van der Waals surface area (Å²) in [5.74, 6) is 2.84. The molecule has 0 atom stereocenters. The Morgan fingerprint density at radius 3 is 2.45 bits per heavy atom. The van der Waals surface area contributed by atoms with Gasteiger partial charge in [-0.05, 0) is 31.1 Å². The molecule has 0 spiro atoms. The van der Waals surface area contributed by atoms with Crippen molar-refractivity contribution in [3.63, 3.8) is 0 Å². The Kier molecular flexibility index (Phi) is 4.77. The van der Waals surface area contributed by atoms with Crippen LogP contribution in [0.4, 0.5) is 5.82 Å². The van der Waals surface area contributed by atoms with Crippen LogP contribution in [-0.4, -0.2) is 9.55 Å². The van der Waals surface area contributed by atoms with E-state index < -0.39 is 0 Å². The molecule has 1 saturated carbocycles. The summed E-state index contributed by atoms with van der Waals surface area (Å²) in [6.07, 6.45) is 8.64. The first-order valence-electron chi connectivity index (χ1n) is 8.27. The maximum atomic E-state index is 6.42. The highest BCUT2D eigenvalue weighted by Gasteiger charge is 2.26. The van der Waals surface area contributed by atoms with Crippen molar-refractivity contribution in [1.82, 2.24) is 9.55 Å². The van der Waals surface area contributed by atoms with E-state index in [1.807, 2.05) is 0 Å². The van der Waals surface area contributed by atoms with Crippen LogP contribution in [0.15, 0.2) is 0 Å². The van der Waals surface area contributed by atoms with Crippen molar-refractivity contribution in [2.24, 2.45) is 5.41 Å². The zero-order valence-corrected chi connectivity index (χ0v) is 13.7. The molecule has 1 aliphatic carbocycles. The number of nitrogens with zero attached hydrogens (tertiary/aromatic N) is 2. The van der Waals surface area contributed by atoms with Gasteiger partial charge in [-0.1, -0.05) is 47.0 Å². The highest BCUT2D eigenvalue weighted by molar-refractivity contribution is 5.40. The largest absolute Gasteiger partial charge is 0.384 e. The lowest BCUT2D eigenvalue weighted by atomic mass is 9.90. The van der Waals surface area contributed by atoms with E-state index in [0.29, 0.717) is 5.92 Å². The Labute approximate surface area is 124 Å². The van der Waals surface area contributed by atoms with Gasteiger partial charge >= 0.3 is 0 Å². The van der Waals surface area contributed by atoms with Gasteiger partial charge in [0, 0.05) is 12.5 Å². The van der Waals surface area contributed by atoms with Crippen LogP contribution in [-0.2, 0) is 13.0 Å². The Morgan fingerprint density at radius 1 is 1.25 bits per heavy atom. The van der Waals surface area contributed by atoms with E-state index >= 15 is 0 Å². The molecule has 114 valence electrons. The minimum absolute atomic E-state index is 0.241. The van der Waals surface area contributed by atoms with Crippen molar-refractivity contribution in [3.8, 4) is 0 Å². The molecule has 2 rings (SSSR count). The van der Waals surface area contributed by atoms with Gasteiger partial charge in [-0.15, -0.1) is 0 Å². The highest BCUT2D eigenvalue weighted by Crippen LogP contribution is 2.36. The third-order valence-corrected chi connectivity index (χ3v) is 4.27. The number of aromatic nitrogens is 2. The van der Waals surface area contributed by atoms with Gasteiger partial charge in [0.2, 0.25) is 0 Å². The van der Waals surface area contributed by atoms with Crippen molar-refractivity contribution < 1.29 is 0 Å². The SMILES string of the molecule is CCCCn1c(C2CCCC2)nc(CC(C)(C)C)c1N. The van der Waals surface area contributed by atoms with Crippen LogP contribution >= 0.6 is 0 Å². The fourth-order valence-corrected chi connectivity index (χ4v) is 3.21. The first-order valence-corrected chi connectivity index (χ1v) is 8.27. The van der Waals surface area contributed by atoms with Crippen molar-refractivity contribution in [2.45, 2.75) is 85.1 Å². The lowest BCUT2D eigenvalue weighted by Gasteiger charge is -2.16. The summed E-state index contributed by atoms with van der Waals surface area (Å²) in [6, 6.07) is 0. The Hall–Kier alpha value is -0.990. The molecular formula is C17H31N3. The molecule has 3 nitrogen and oxygen atoms in total. The summed E-state index contributed by atoms with van der Waals surface area (Å²) in [6.45, 7) is 10.0. The third kappa shape index (κ3) is 3.56. The third-order valence-electron chi connectivity index (χ3n) is 4.27. The number of hydrogen-bond acceptors (Lipinski definition) is 2. The monoisotopic (exact) mass is 277 g/mol. The zero-order chi connectivity index (χ0) is 14.8. The van der Waals surface area contributed by atoms with Gasteiger partial charge in [-0.3, -0.25) is 0 Å². The molecule has 0 bridgehead atoms. The fraction of sp³-hybridized carbons (Fsp3) is 0.824. The van der Waals surface area contributed by atoms with E-state index in [-0.39, 0.29) is 5.41 Å². The normalized spacial score (nSPS) is 17.0. The quantitative estimate of drug-likeness (QED) is 0.860. The second-order valence-electron chi connectivity index (χ2n) is 7.53. The van der Waals surface area contributed by atoms with E-state index in [4.69, 9.17) is 10.7 Å². The van der Waals surface area contributed by atoms with Gasteiger partial charge in [0.15, 0.2) is 0 Å². The van der Waals surface area contributed by atoms with E-state index in [1.54, 1.807) is 0 Å². The average molecular weight is 277 g/mol. The van der Waals surface area contributed by atoms with Crippen LogP contribution in [0.25, 0.3) is 0 Å². The number of anilines is 1. The van der Waals surface area contributed by atoms with E-state index in [9.17, 15) is 0 Å². The van der Waals surface area contributed by atoms with E-state index in [2.05, 4.69) is 32.3 Å². The van der Waals surface area contributed by atoms with Crippen LogP contribution in [0.5, 0.6) is 0 Å². The molecule has 0 unspecified atom stereocenters. The van der Waals surface area contributed by atoms with E-state index in [1.165, 1.54) is 44.3 Å². The van der Waals surface area contributed by atoms with Crippen molar-refractivity contribution in [2.75, 3.05) is 5.73 Å². The Morgan fingerprint density at radius 2 is 1.90 bits per heavy atom. The summed E-state index contributed by atoms with van der Waals surface area (Å²) in [4.78, 5) is 4.97. The van der Waals surface area contributed by atoms with E-state index in [0.717, 1.165) is 24.5 Å². The summed E-state index contributed by atoms with van der Waals surface area (Å²) < 4.78 is 2.32. The Balaban J connectivity index is 2.29. The predicted molar refractivity (Wildman–Crippen MR) is 85.9 cm³/mol. The molecule has 3 heteroatoms. The highest BCUT2D eigenvalue weighted by atomic mass is 15.1. The number of nitrogens with two attached hydrogens (primary N) is 1. The van der Waals surface area contributed by atoms with Crippen LogP contribution in [0, 0.1) is 5.41 Å². The van der Waals surface area contributed by atoms with Crippen LogP contribution in [0.2, 0.25) is 0 Å². The number of nitrogen functional groups attached to an aromatic ring is 1. The average Bonchev–Trinajstić information content (AvgIpc) is 2.95. The number of unbranched alkanes of at least 4 members (excludes halogenated alkanes) is 1. The lowest BCUT2D eigenvalue weighted by molar-refractivity contribution is 0.407. The Bertz CT molecular complexity index is 434. The fourth-order valence-electron chi connectivity index (χ4n) is 3.21. The summed E-state index contributed by atoms with van der Waals surface area (Å²) in [5.41, 5.74) is 7.78.